The molecule has 0 fully saturated rings. The van der Waals surface area contributed by atoms with Gasteiger partial charge in [0.25, 0.3) is 10.0 Å². The SMILES string of the molecule is CS(C)=NS(=O)(=O)c1ccc(N=Cc2cc(Cl)cc(Cl)c2O)cc1. The van der Waals surface area contributed by atoms with Gasteiger partial charge in [0, 0.05) is 16.8 Å². The Bertz CT molecular complexity index is 920. The molecule has 0 amide bonds. The Labute approximate surface area is 153 Å². The van der Waals surface area contributed by atoms with E-state index < -0.39 is 20.7 Å². The lowest BCUT2D eigenvalue weighted by Gasteiger charge is -2.03. The molecule has 5 nitrogen and oxygen atoms in total. The molecule has 0 unspecified atom stereocenters. The largest absolute Gasteiger partial charge is 0.506 e. The van der Waals surface area contributed by atoms with Crippen LogP contribution in [0.15, 0.2) is 50.1 Å². The van der Waals surface area contributed by atoms with Crippen LogP contribution in [0, 0.1) is 0 Å². The predicted molar refractivity (Wildman–Crippen MR) is 101 cm³/mol. The molecule has 0 aliphatic heterocycles. The van der Waals surface area contributed by atoms with Crippen molar-refractivity contribution in [2.24, 2.45) is 8.76 Å². The quantitative estimate of drug-likeness (QED) is 0.775. The lowest BCUT2D eigenvalue weighted by atomic mass is 10.2. The van der Waals surface area contributed by atoms with E-state index in [2.05, 4.69) is 8.76 Å². The molecule has 0 saturated carbocycles. The van der Waals surface area contributed by atoms with E-state index >= 15 is 0 Å². The van der Waals surface area contributed by atoms with Gasteiger partial charge in [0.2, 0.25) is 0 Å². The lowest BCUT2D eigenvalue weighted by Crippen LogP contribution is -1.98. The Morgan fingerprint density at radius 2 is 1.75 bits per heavy atom. The minimum Gasteiger partial charge on any atom is -0.506 e. The Balaban J connectivity index is 2.29. The van der Waals surface area contributed by atoms with Crippen LogP contribution >= 0.6 is 23.2 Å². The van der Waals surface area contributed by atoms with Crippen LogP contribution in [0.5, 0.6) is 5.75 Å². The van der Waals surface area contributed by atoms with Crippen LogP contribution in [0.4, 0.5) is 5.69 Å². The summed E-state index contributed by atoms with van der Waals surface area (Å²) in [5.74, 6) is -0.124. The summed E-state index contributed by atoms with van der Waals surface area (Å²) in [6.07, 6.45) is 4.84. The summed E-state index contributed by atoms with van der Waals surface area (Å²) in [5.41, 5.74) is 0.872. The van der Waals surface area contributed by atoms with Crippen LogP contribution < -0.4 is 0 Å². The minimum absolute atomic E-state index is 0.108. The highest BCUT2D eigenvalue weighted by Gasteiger charge is 2.12. The Morgan fingerprint density at radius 3 is 2.33 bits per heavy atom. The number of nitrogens with zero attached hydrogens (tertiary/aromatic N) is 2. The average Bonchev–Trinajstić information content (AvgIpc) is 2.48. The van der Waals surface area contributed by atoms with Gasteiger partial charge in [-0.3, -0.25) is 4.99 Å². The van der Waals surface area contributed by atoms with Crippen LogP contribution in [0.25, 0.3) is 0 Å². The second kappa shape index (κ2) is 7.65. The van der Waals surface area contributed by atoms with Gasteiger partial charge in [-0.1, -0.05) is 33.9 Å². The van der Waals surface area contributed by atoms with Crippen molar-refractivity contribution in [2.45, 2.75) is 4.90 Å². The van der Waals surface area contributed by atoms with Crippen molar-refractivity contribution >= 4 is 55.8 Å². The van der Waals surface area contributed by atoms with Gasteiger partial charge in [0.15, 0.2) is 0 Å². The molecule has 0 radical (unpaired) electrons. The van der Waals surface area contributed by atoms with Crippen LogP contribution in [0.2, 0.25) is 10.0 Å². The van der Waals surface area contributed by atoms with E-state index in [-0.39, 0.29) is 15.7 Å². The number of phenols is 1. The molecule has 0 atom stereocenters. The molecule has 0 bridgehead atoms. The predicted octanol–water partition coefficient (Wildman–Crippen LogP) is 4.20. The van der Waals surface area contributed by atoms with E-state index in [1.807, 2.05) is 0 Å². The zero-order valence-electron chi connectivity index (χ0n) is 12.8. The first-order valence-electron chi connectivity index (χ1n) is 6.57. The van der Waals surface area contributed by atoms with E-state index in [1.165, 1.54) is 30.5 Å². The van der Waals surface area contributed by atoms with Gasteiger partial charge < -0.3 is 5.11 Å². The molecular weight excluding hydrogens is 391 g/mol. The number of aliphatic imine (C=N–C) groups is 1. The fourth-order valence-electron chi connectivity index (χ4n) is 1.77. The monoisotopic (exact) mass is 404 g/mol. The maximum absolute atomic E-state index is 12.0. The Morgan fingerprint density at radius 1 is 1.12 bits per heavy atom. The molecule has 0 aromatic heterocycles. The second-order valence-corrected chi connectivity index (χ2v) is 9.31. The van der Waals surface area contributed by atoms with E-state index in [9.17, 15) is 13.5 Å². The van der Waals surface area contributed by atoms with Crippen LogP contribution in [-0.4, -0.2) is 32.3 Å². The van der Waals surface area contributed by atoms with Gasteiger partial charge in [-0.15, -0.1) is 3.77 Å². The topological polar surface area (TPSA) is 79.1 Å². The number of sulfonamides is 1. The fourth-order valence-corrected chi connectivity index (χ4v) is 4.68. The molecule has 2 aromatic carbocycles. The summed E-state index contributed by atoms with van der Waals surface area (Å²) >= 11 is 11.7. The number of hydrogen-bond acceptors (Lipinski definition) is 4. The third-order valence-electron chi connectivity index (χ3n) is 2.79. The number of rotatable bonds is 4. The highest BCUT2D eigenvalue weighted by molar-refractivity contribution is 7.99. The molecule has 0 heterocycles. The van der Waals surface area contributed by atoms with E-state index in [0.717, 1.165) is 0 Å². The molecule has 1 N–H and O–H groups in total. The zero-order valence-corrected chi connectivity index (χ0v) is 15.9. The smallest absolute Gasteiger partial charge is 0.287 e. The maximum atomic E-state index is 12.0. The second-order valence-electron chi connectivity index (χ2n) is 4.90. The van der Waals surface area contributed by atoms with Crippen molar-refractivity contribution in [3.8, 4) is 5.75 Å². The molecule has 2 rings (SSSR count). The minimum atomic E-state index is -3.65. The zero-order chi connectivity index (χ0) is 17.9. The van der Waals surface area contributed by atoms with Gasteiger partial charge in [-0.25, -0.2) is 0 Å². The standard InChI is InChI=1S/C15H14Cl2N2O3S2/c1-23(2)19-24(21,22)13-5-3-12(4-6-13)18-9-10-7-11(16)8-14(17)15(10)20/h3-9,20H,1-2H3. The van der Waals surface area contributed by atoms with E-state index in [1.54, 1.807) is 24.6 Å². The maximum Gasteiger partial charge on any atom is 0.287 e. The molecule has 24 heavy (non-hydrogen) atoms. The van der Waals surface area contributed by atoms with Gasteiger partial charge >= 0.3 is 0 Å². The Hall–Kier alpha value is -1.41. The first kappa shape index (κ1) is 18.9. The third kappa shape index (κ3) is 4.80. The molecule has 0 aliphatic carbocycles. The third-order valence-corrected chi connectivity index (χ3v) is 6.14. The first-order chi connectivity index (χ1) is 11.2. The average molecular weight is 405 g/mol. The number of phenolic OH excluding ortho intramolecular Hbond substituents is 1. The van der Waals surface area contributed by atoms with Crippen molar-refractivity contribution < 1.29 is 13.5 Å². The molecule has 0 spiro atoms. The number of halogens is 2. The molecular formula is C15H14Cl2N2O3S2. The van der Waals surface area contributed by atoms with Crippen LogP contribution in [0.3, 0.4) is 0 Å². The molecule has 0 saturated heterocycles. The molecule has 0 aliphatic rings. The van der Waals surface area contributed by atoms with Crippen LogP contribution in [-0.2, 0) is 20.7 Å². The highest BCUT2D eigenvalue weighted by atomic mass is 35.5. The van der Waals surface area contributed by atoms with Crippen molar-refractivity contribution in [2.75, 3.05) is 12.5 Å². The van der Waals surface area contributed by atoms with Crippen molar-refractivity contribution in [1.82, 2.24) is 0 Å². The summed E-state index contributed by atoms with van der Waals surface area (Å²) in [4.78, 5) is 4.29. The number of aromatic hydroxyl groups is 1. The van der Waals surface area contributed by atoms with Crippen LogP contribution in [0.1, 0.15) is 5.56 Å². The fraction of sp³-hybridized carbons (Fsp3) is 0.133. The first-order valence-corrected chi connectivity index (χ1v) is 10.8. The van der Waals surface area contributed by atoms with Crippen molar-refractivity contribution in [3.05, 3.63) is 52.0 Å². The van der Waals surface area contributed by atoms with Gasteiger partial charge in [0.05, 0.1) is 15.6 Å². The summed E-state index contributed by atoms with van der Waals surface area (Å²) in [6, 6.07) is 8.91. The van der Waals surface area contributed by atoms with Gasteiger partial charge in [-0.05, 0) is 48.9 Å². The van der Waals surface area contributed by atoms with E-state index in [0.29, 0.717) is 16.3 Å². The molecule has 9 heteroatoms. The number of hydrogen-bond donors (Lipinski definition) is 1. The van der Waals surface area contributed by atoms with Crippen molar-refractivity contribution in [1.29, 1.82) is 0 Å². The summed E-state index contributed by atoms with van der Waals surface area (Å²) in [5, 5.41) is 10.4. The summed E-state index contributed by atoms with van der Waals surface area (Å²) in [6.45, 7) is 0. The van der Waals surface area contributed by atoms with Crippen molar-refractivity contribution in [3.63, 3.8) is 0 Å². The van der Waals surface area contributed by atoms with Gasteiger partial charge in [0.1, 0.15) is 5.75 Å². The molecule has 2 aromatic rings. The Kier molecular flexibility index (Phi) is 6.03. The summed E-state index contributed by atoms with van der Waals surface area (Å²) in [7, 11) is -4.22. The highest BCUT2D eigenvalue weighted by Crippen LogP contribution is 2.30. The van der Waals surface area contributed by atoms with E-state index in [4.69, 9.17) is 23.2 Å². The molecule has 128 valence electrons. The summed E-state index contributed by atoms with van der Waals surface area (Å²) < 4.78 is 27.7. The normalized spacial score (nSPS) is 12.0. The number of benzene rings is 2. The van der Waals surface area contributed by atoms with Gasteiger partial charge in [-0.2, -0.15) is 8.42 Å². The lowest BCUT2D eigenvalue weighted by molar-refractivity contribution is 0.475.